The molecule has 0 saturated heterocycles. The SMILES string of the molecule is CC(N)Cc1cccc2ccn(CCc3ccsc3)c12. The fourth-order valence-corrected chi connectivity index (χ4v) is 3.43. The molecule has 0 spiro atoms. The first-order valence-electron chi connectivity index (χ1n) is 7.07. The molecule has 2 heterocycles. The molecule has 2 nitrogen and oxygen atoms in total. The highest BCUT2D eigenvalue weighted by Gasteiger charge is 2.08. The Morgan fingerprint density at radius 3 is 2.90 bits per heavy atom. The van der Waals surface area contributed by atoms with Crippen molar-refractivity contribution in [1.29, 1.82) is 0 Å². The first kappa shape index (κ1) is 13.4. The molecule has 104 valence electrons. The highest BCUT2D eigenvalue weighted by Crippen LogP contribution is 2.22. The number of para-hydroxylation sites is 1. The fraction of sp³-hybridized carbons (Fsp3) is 0.294. The van der Waals surface area contributed by atoms with E-state index in [0.717, 1.165) is 19.4 Å². The van der Waals surface area contributed by atoms with Crippen LogP contribution in [0.3, 0.4) is 0 Å². The quantitative estimate of drug-likeness (QED) is 0.758. The topological polar surface area (TPSA) is 30.9 Å². The van der Waals surface area contributed by atoms with Crippen molar-refractivity contribution in [3.8, 4) is 0 Å². The number of benzene rings is 1. The lowest BCUT2D eigenvalue weighted by Gasteiger charge is -2.11. The summed E-state index contributed by atoms with van der Waals surface area (Å²) in [5.74, 6) is 0. The van der Waals surface area contributed by atoms with Gasteiger partial charge in [-0.3, -0.25) is 0 Å². The minimum Gasteiger partial charge on any atom is -0.347 e. The zero-order valence-corrected chi connectivity index (χ0v) is 12.6. The van der Waals surface area contributed by atoms with Crippen LogP contribution in [0.4, 0.5) is 0 Å². The van der Waals surface area contributed by atoms with Crippen LogP contribution in [0.25, 0.3) is 10.9 Å². The van der Waals surface area contributed by atoms with Gasteiger partial charge in [0.2, 0.25) is 0 Å². The summed E-state index contributed by atoms with van der Waals surface area (Å²) in [5, 5.41) is 5.69. The van der Waals surface area contributed by atoms with Gasteiger partial charge in [0.05, 0.1) is 5.52 Å². The summed E-state index contributed by atoms with van der Waals surface area (Å²) < 4.78 is 2.37. The Hall–Kier alpha value is -1.58. The lowest BCUT2D eigenvalue weighted by atomic mass is 10.0. The van der Waals surface area contributed by atoms with E-state index in [0.29, 0.717) is 0 Å². The minimum absolute atomic E-state index is 0.195. The van der Waals surface area contributed by atoms with Crippen LogP contribution in [0.5, 0.6) is 0 Å². The molecule has 3 aromatic rings. The van der Waals surface area contributed by atoms with Crippen molar-refractivity contribution in [3.63, 3.8) is 0 Å². The Morgan fingerprint density at radius 1 is 1.25 bits per heavy atom. The van der Waals surface area contributed by atoms with Gasteiger partial charge < -0.3 is 10.3 Å². The Kier molecular flexibility index (Phi) is 3.90. The maximum Gasteiger partial charge on any atom is 0.0513 e. The minimum atomic E-state index is 0.195. The summed E-state index contributed by atoms with van der Waals surface area (Å²) in [5.41, 5.74) is 10.1. The number of aromatic nitrogens is 1. The molecule has 20 heavy (non-hydrogen) atoms. The van der Waals surface area contributed by atoms with Crippen molar-refractivity contribution < 1.29 is 0 Å². The molecule has 0 amide bonds. The molecule has 0 radical (unpaired) electrons. The van der Waals surface area contributed by atoms with Gasteiger partial charge in [0.1, 0.15) is 0 Å². The maximum atomic E-state index is 5.98. The Balaban J connectivity index is 1.90. The second-order valence-electron chi connectivity index (χ2n) is 5.43. The number of rotatable bonds is 5. The molecule has 0 aliphatic rings. The second-order valence-corrected chi connectivity index (χ2v) is 6.21. The van der Waals surface area contributed by atoms with Gasteiger partial charge in [0.15, 0.2) is 0 Å². The smallest absolute Gasteiger partial charge is 0.0513 e. The van der Waals surface area contributed by atoms with Crippen LogP contribution < -0.4 is 5.73 Å². The van der Waals surface area contributed by atoms with Crippen molar-refractivity contribution in [2.45, 2.75) is 32.4 Å². The molecule has 1 aromatic carbocycles. The van der Waals surface area contributed by atoms with E-state index < -0.39 is 0 Å². The van der Waals surface area contributed by atoms with Gasteiger partial charge in [-0.1, -0.05) is 18.2 Å². The van der Waals surface area contributed by atoms with E-state index in [1.807, 2.05) is 0 Å². The third-order valence-electron chi connectivity index (χ3n) is 3.64. The molecule has 0 fully saturated rings. The van der Waals surface area contributed by atoms with Crippen LogP contribution in [-0.4, -0.2) is 10.6 Å². The average Bonchev–Trinajstić information content (AvgIpc) is 3.05. The number of hydrogen-bond donors (Lipinski definition) is 1. The summed E-state index contributed by atoms with van der Waals surface area (Å²) in [6.07, 6.45) is 4.21. The van der Waals surface area contributed by atoms with E-state index in [9.17, 15) is 0 Å². The molecular weight excluding hydrogens is 264 g/mol. The third-order valence-corrected chi connectivity index (χ3v) is 4.37. The predicted octanol–water partition coefficient (Wildman–Crippen LogP) is 3.84. The molecule has 3 rings (SSSR count). The van der Waals surface area contributed by atoms with Crippen LogP contribution in [0, 0.1) is 0 Å². The second kappa shape index (κ2) is 5.81. The van der Waals surface area contributed by atoms with Crippen molar-refractivity contribution >= 4 is 22.2 Å². The number of fused-ring (bicyclic) bond motifs is 1. The number of hydrogen-bond acceptors (Lipinski definition) is 2. The van der Waals surface area contributed by atoms with E-state index in [2.05, 4.69) is 58.8 Å². The number of nitrogens with two attached hydrogens (primary N) is 1. The Labute approximate surface area is 123 Å². The van der Waals surface area contributed by atoms with Crippen LogP contribution in [-0.2, 0) is 19.4 Å². The third kappa shape index (κ3) is 2.79. The molecule has 0 saturated carbocycles. The van der Waals surface area contributed by atoms with E-state index in [1.165, 1.54) is 22.0 Å². The highest BCUT2D eigenvalue weighted by atomic mass is 32.1. The summed E-state index contributed by atoms with van der Waals surface area (Å²) in [4.78, 5) is 0. The maximum absolute atomic E-state index is 5.98. The van der Waals surface area contributed by atoms with Gasteiger partial charge in [-0.05, 0) is 59.2 Å². The lowest BCUT2D eigenvalue weighted by molar-refractivity contribution is 0.708. The van der Waals surface area contributed by atoms with Gasteiger partial charge >= 0.3 is 0 Å². The monoisotopic (exact) mass is 284 g/mol. The lowest BCUT2D eigenvalue weighted by Crippen LogP contribution is -2.18. The molecule has 3 heteroatoms. The van der Waals surface area contributed by atoms with Gasteiger partial charge in [-0.15, -0.1) is 0 Å². The predicted molar refractivity (Wildman–Crippen MR) is 87.3 cm³/mol. The summed E-state index contributed by atoms with van der Waals surface area (Å²) in [6.45, 7) is 3.09. The molecule has 0 bridgehead atoms. The van der Waals surface area contributed by atoms with Gasteiger partial charge in [0.25, 0.3) is 0 Å². The van der Waals surface area contributed by atoms with Crippen molar-refractivity contribution in [1.82, 2.24) is 4.57 Å². The normalized spacial score (nSPS) is 12.9. The molecule has 2 N–H and O–H groups in total. The summed E-state index contributed by atoms with van der Waals surface area (Å²) >= 11 is 1.77. The van der Waals surface area contributed by atoms with Gasteiger partial charge in [0, 0.05) is 18.8 Å². The van der Waals surface area contributed by atoms with Crippen molar-refractivity contribution in [3.05, 3.63) is 58.4 Å². The van der Waals surface area contributed by atoms with E-state index >= 15 is 0 Å². The first-order chi connectivity index (χ1) is 9.74. The Morgan fingerprint density at radius 2 is 2.15 bits per heavy atom. The van der Waals surface area contributed by atoms with Crippen LogP contribution >= 0.6 is 11.3 Å². The number of thiophene rings is 1. The number of aryl methyl sites for hydroxylation is 2. The molecule has 1 unspecified atom stereocenters. The van der Waals surface area contributed by atoms with Crippen molar-refractivity contribution in [2.75, 3.05) is 0 Å². The molecule has 0 aliphatic carbocycles. The zero-order chi connectivity index (χ0) is 13.9. The van der Waals surface area contributed by atoms with E-state index in [4.69, 9.17) is 5.73 Å². The van der Waals surface area contributed by atoms with Gasteiger partial charge in [-0.25, -0.2) is 0 Å². The summed E-state index contributed by atoms with van der Waals surface area (Å²) in [7, 11) is 0. The van der Waals surface area contributed by atoms with Crippen LogP contribution in [0.2, 0.25) is 0 Å². The van der Waals surface area contributed by atoms with E-state index in [-0.39, 0.29) is 6.04 Å². The zero-order valence-electron chi connectivity index (χ0n) is 11.8. The van der Waals surface area contributed by atoms with Crippen LogP contribution in [0.15, 0.2) is 47.3 Å². The molecule has 1 atom stereocenters. The Bertz CT molecular complexity index is 680. The molecule has 0 aliphatic heterocycles. The molecule has 2 aromatic heterocycles. The van der Waals surface area contributed by atoms with Crippen LogP contribution in [0.1, 0.15) is 18.1 Å². The van der Waals surface area contributed by atoms with Gasteiger partial charge in [-0.2, -0.15) is 11.3 Å². The summed E-state index contributed by atoms with van der Waals surface area (Å²) in [6, 6.07) is 11.1. The largest absolute Gasteiger partial charge is 0.347 e. The standard InChI is InChI=1S/C17H20N2S/c1-13(18)11-16-4-2-3-15-6-9-19(17(15)16)8-5-14-7-10-20-12-14/h2-4,6-7,9-10,12-13H,5,8,11,18H2,1H3. The highest BCUT2D eigenvalue weighted by molar-refractivity contribution is 7.07. The first-order valence-corrected chi connectivity index (χ1v) is 8.01. The average molecular weight is 284 g/mol. The fourth-order valence-electron chi connectivity index (χ4n) is 2.72. The van der Waals surface area contributed by atoms with Crippen molar-refractivity contribution in [2.24, 2.45) is 5.73 Å². The number of nitrogens with zero attached hydrogens (tertiary/aromatic N) is 1. The van der Waals surface area contributed by atoms with E-state index in [1.54, 1.807) is 11.3 Å². The molecular formula is C17H20N2S.